The number of nitrogens with zero attached hydrogens (tertiary/aromatic N) is 3. The molecule has 0 aromatic heterocycles. The lowest BCUT2D eigenvalue weighted by Gasteiger charge is -2.44. The van der Waals surface area contributed by atoms with E-state index in [1.54, 1.807) is 27.7 Å². The SMILES string of the molecule is CCC(C)[C@@H]1NC(=O)[C@H](Cc2ccc(O)c(Cl)c2)N(C)C(=O)[C@H](C(C)CC)N2C(=O)[C@H](CC[C@H]2O)NC(=O)[C@H](CCCN=C(N)N)NC(=O)C(NC(=O)[C@H](COS(=O)(=O)O)OS(=O)(=O)O)[C@@H](C)OC1=O. The van der Waals surface area contributed by atoms with Crippen molar-refractivity contribution < 1.29 is 82.8 Å². The second-order valence-electron chi connectivity index (χ2n) is 16.9. The van der Waals surface area contributed by atoms with Crippen LogP contribution in [0, 0.1) is 11.8 Å². The number of aliphatic imine (C=N–C) groups is 1. The minimum Gasteiger partial charge on any atom is -0.506 e. The number of hydrogen-bond acceptors (Lipinski definition) is 17. The van der Waals surface area contributed by atoms with Gasteiger partial charge in [-0.25, -0.2) is 13.2 Å². The van der Waals surface area contributed by atoms with Crippen molar-refractivity contribution in [3.05, 3.63) is 28.8 Å². The van der Waals surface area contributed by atoms with Gasteiger partial charge in [-0.3, -0.25) is 42.9 Å². The maximum atomic E-state index is 14.9. The van der Waals surface area contributed by atoms with E-state index < -0.39 is 135 Å². The maximum Gasteiger partial charge on any atom is 0.398 e. The number of cyclic esters (lactones) is 1. The van der Waals surface area contributed by atoms with Gasteiger partial charge in [0.25, 0.3) is 5.91 Å². The largest absolute Gasteiger partial charge is 0.506 e. The molecule has 394 valence electrons. The quantitative estimate of drug-likeness (QED) is 0.0259. The van der Waals surface area contributed by atoms with Crippen molar-refractivity contribution >= 4 is 79.8 Å². The first-order chi connectivity index (χ1) is 32.5. The molecule has 0 spiro atoms. The zero-order chi connectivity index (χ0) is 53.0. The molecule has 0 aliphatic carbocycles. The number of fused-ring (bicyclic) bond motifs is 2. The van der Waals surface area contributed by atoms with Gasteiger partial charge in [0.1, 0.15) is 60.9 Å². The average molecular weight is 1060 g/mol. The van der Waals surface area contributed by atoms with Crippen molar-refractivity contribution in [3.8, 4) is 5.75 Å². The fourth-order valence-electron chi connectivity index (χ4n) is 7.52. The van der Waals surface area contributed by atoms with Crippen LogP contribution in [0.25, 0.3) is 0 Å². The predicted molar refractivity (Wildman–Crippen MR) is 245 cm³/mol. The first-order valence-corrected chi connectivity index (χ1v) is 25.1. The molecule has 2 aliphatic rings. The number of carbonyl (C=O) groups is 7. The van der Waals surface area contributed by atoms with E-state index >= 15 is 0 Å². The molecule has 2 heterocycles. The lowest BCUT2D eigenvalue weighted by atomic mass is 9.91. The molecule has 70 heavy (non-hydrogen) atoms. The second-order valence-corrected chi connectivity index (χ2v) is 19.4. The van der Waals surface area contributed by atoms with E-state index in [9.17, 15) is 65.2 Å². The molecule has 3 rings (SSSR count). The molecule has 1 aromatic rings. The first-order valence-electron chi connectivity index (χ1n) is 22.0. The van der Waals surface area contributed by atoms with Crippen molar-refractivity contribution in [2.24, 2.45) is 28.3 Å². The number of ether oxygens (including phenoxy) is 1. The van der Waals surface area contributed by atoms with Crippen molar-refractivity contribution in [1.82, 2.24) is 31.1 Å². The van der Waals surface area contributed by atoms with Crippen LogP contribution in [0.1, 0.15) is 78.7 Å². The van der Waals surface area contributed by atoms with Gasteiger partial charge in [0.2, 0.25) is 29.5 Å². The molecular weight excluding hydrogens is 994 g/mol. The lowest BCUT2D eigenvalue weighted by Crippen LogP contribution is -2.66. The topological polar surface area (TPSA) is 415 Å². The summed E-state index contributed by atoms with van der Waals surface area (Å²) >= 11 is 6.21. The number of esters is 1. The minimum absolute atomic E-state index is 0.0245. The van der Waals surface area contributed by atoms with Crippen molar-refractivity contribution in [2.75, 3.05) is 20.2 Å². The van der Waals surface area contributed by atoms with Crippen LogP contribution in [-0.2, 0) is 73.9 Å². The highest BCUT2D eigenvalue weighted by Gasteiger charge is 2.47. The highest BCUT2D eigenvalue weighted by molar-refractivity contribution is 7.81. The Bertz CT molecular complexity index is 2340. The number of piperidine rings is 1. The standard InChI is InChI=1S/C40H62ClN9O18S2/c1-7-19(3)30-39(59)67-21(5)31(48-35(55)28(68-70(63,64)65)18-66-69(60,61)62)36(56)45-24(10-9-15-44-40(42)43)33(53)46-25-12-14-29(52)50(37(25)57)32(20(4)8-2)38(58)49(6)26(34(54)47-30)17-22-11-13-27(51)23(41)16-22/h11,13,16,19-21,24-26,28-32,51-52H,7-10,12,14-15,17-18H2,1-6H3,(H,45,56)(H,46,53)(H,47,54)(H,48,55)(H4,42,43,44)(H,60,61,62)(H,63,64,65)/t19?,20?,21-,24+,25+,26+,28+,29-,30+,31?,32+/m1/s1. The van der Waals surface area contributed by atoms with Crippen LogP contribution in [0.3, 0.4) is 0 Å². The zero-order valence-corrected chi connectivity index (χ0v) is 41.5. The summed E-state index contributed by atoms with van der Waals surface area (Å²) in [4.78, 5) is 106. The van der Waals surface area contributed by atoms with Crippen LogP contribution in [0.5, 0.6) is 5.75 Å². The number of aliphatic hydroxyl groups excluding tert-OH is 1. The molecule has 30 heteroatoms. The number of carbonyl (C=O) groups excluding carboxylic acids is 7. The average Bonchev–Trinajstić information content (AvgIpc) is 3.27. The Hall–Kier alpha value is -5.43. The number of aromatic hydroxyl groups is 1. The monoisotopic (exact) mass is 1060 g/mol. The molecule has 2 fully saturated rings. The Kier molecular flexibility index (Phi) is 21.5. The van der Waals surface area contributed by atoms with E-state index in [0.29, 0.717) is 5.56 Å². The number of nitrogens with one attached hydrogen (secondary N) is 4. The smallest absolute Gasteiger partial charge is 0.398 e. The van der Waals surface area contributed by atoms with E-state index in [-0.39, 0.29) is 68.2 Å². The molecule has 12 N–H and O–H groups in total. The highest BCUT2D eigenvalue weighted by Crippen LogP contribution is 2.29. The molecule has 0 radical (unpaired) electrons. The Balaban J connectivity index is 2.31. The molecular formula is C40H62ClN9O18S2. The van der Waals surface area contributed by atoms with E-state index in [1.807, 2.05) is 5.32 Å². The molecule has 3 unspecified atom stereocenters. The van der Waals surface area contributed by atoms with Gasteiger partial charge in [-0.15, -0.1) is 0 Å². The fraction of sp³-hybridized carbons (Fsp3) is 0.650. The number of aliphatic hydroxyl groups is 1. The number of phenols is 1. The van der Waals surface area contributed by atoms with E-state index in [1.165, 1.54) is 25.2 Å². The van der Waals surface area contributed by atoms with Crippen molar-refractivity contribution in [2.45, 2.75) is 134 Å². The normalized spacial score (nSPS) is 26.0. The highest BCUT2D eigenvalue weighted by atomic mass is 35.5. The number of hydrogen-bond donors (Lipinski definition) is 10. The van der Waals surface area contributed by atoms with Crippen LogP contribution in [0.15, 0.2) is 23.2 Å². The van der Waals surface area contributed by atoms with Crippen LogP contribution in [-0.4, -0.2) is 168 Å². The number of halogens is 1. The summed E-state index contributed by atoms with van der Waals surface area (Å²) in [6, 6.07) is -5.83. The summed E-state index contributed by atoms with van der Waals surface area (Å²) in [5, 5.41) is 31.0. The Labute approximate surface area is 409 Å². The third-order valence-corrected chi connectivity index (χ3v) is 13.0. The van der Waals surface area contributed by atoms with Crippen molar-refractivity contribution in [1.29, 1.82) is 0 Å². The van der Waals surface area contributed by atoms with E-state index in [4.69, 9.17) is 32.4 Å². The maximum absolute atomic E-state index is 14.9. The van der Waals surface area contributed by atoms with Gasteiger partial charge < -0.3 is 57.5 Å². The van der Waals surface area contributed by atoms with E-state index in [2.05, 4.69) is 29.3 Å². The Morgan fingerprint density at radius 1 is 0.957 bits per heavy atom. The van der Waals surface area contributed by atoms with Gasteiger partial charge in [0.15, 0.2) is 12.1 Å². The zero-order valence-electron chi connectivity index (χ0n) is 39.1. The molecule has 6 amide bonds. The Morgan fingerprint density at radius 3 is 2.17 bits per heavy atom. The number of guanidine groups is 1. The second kappa shape index (κ2) is 25.6. The van der Waals surface area contributed by atoms with Gasteiger partial charge in [-0.1, -0.05) is 58.2 Å². The van der Waals surface area contributed by atoms with Gasteiger partial charge in [-0.05, 0) is 62.1 Å². The van der Waals surface area contributed by atoms with Crippen molar-refractivity contribution in [3.63, 3.8) is 0 Å². The molecule has 0 saturated carbocycles. The van der Waals surface area contributed by atoms with Crippen LogP contribution < -0.4 is 32.7 Å². The number of nitrogens with two attached hydrogens (primary N) is 2. The van der Waals surface area contributed by atoms with Crippen LogP contribution >= 0.6 is 11.6 Å². The summed E-state index contributed by atoms with van der Waals surface area (Å²) in [6.45, 7) is 5.89. The van der Waals surface area contributed by atoms with Crippen LogP contribution in [0.2, 0.25) is 5.02 Å². The first kappa shape index (κ1) is 58.9. The van der Waals surface area contributed by atoms with Gasteiger partial charge in [-0.2, -0.15) is 16.8 Å². The van der Waals surface area contributed by atoms with E-state index in [0.717, 1.165) is 16.7 Å². The summed E-state index contributed by atoms with van der Waals surface area (Å²) in [6.07, 6.45) is -6.60. The Morgan fingerprint density at radius 2 is 1.60 bits per heavy atom. The van der Waals surface area contributed by atoms with Gasteiger partial charge >= 0.3 is 26.8 Å². The predicted octanol–water partition coefficient (Wildman–Crippen LogP) is -2.24. The molecule has 1 aromatic carbocycles. The van der Waals surface area contributed by atoms with Crippen LogP contribution in [0.4, 0.5) is 0 Å². The summed E-state index contributed by atoms with van der Waals surface area (Å²) < 4.78 is 78.6. The molecule has 27 nitrogen and oxygen atoms in total. The fourth-order valence-corrected chi connectivity index (χ4v) is 8.46. The number of rotatable bonds is 17. The summed E-state index contributed by atoms with van der Waals surface area (Å²) in [5.41, 5.74) is 11.2. The number of amides is 6. The lowest BCUT2D eigenvalue weighted by molar-refractivity contribution is -0.168. The molecule has 2 bridgehead atoms. The molecule has 2 aliphatic heterocycles. The third-order valence-electron chi connectivity index (χ3n) is 11.8. The van der Waals surface area contributed by atoms with Gasteiger partial charge in [0.05, 0.1) is 5.02 Å². The molecule has 11 atom stereocenters. The molecule has 2 saturated heterocycles. The third kappa shape index (κ3) is 16.9. The minimum atomic E-state index is -5.60. The number of benzene rings is 1. The number of phenolic OH excluding ortho intramolecular Hbond substituents is 1. The summed E-state index contributed by atoms with van der Waals surface area (Å²) in [5.74, 6) is -10.1. The van der Waals surface area contributed by atoms with Gasteiger partial charge in [0, 0.05) is 20.0 Å². The number of likely N-dealkylation sites (N-methyl/N-ethyl adjacent to an activating group) is 1. The summed E-state index contributed by atoms with van der Waals surface area (Å²) in [7, 11) is -9.72.